The molecule has 0 saturated heterocycles. The topological polar surface area (TPSA) is 21.3 Å². The van der Waals surface area contributed by atoms with E-state index in [-0.39, 0.29) is 6.04 Å². The van der Waals surface area contributed by atoms with Crippen molar-refractivity contribution in [1.82, 2.24) is 0 Å². The summed E-state index contributed by atoms with van der Waals surface area (Å²) in [5, 5.41) is 3.50. The zero-order chi connectivity index (χ0) is 14.4. The highest BCUT2D eigenvalue weighted by atomic mass is 16.5. The molecule has 0 bridgehead atoms. The molecule has 20 heavy (non-hydrogen) atoms. The molecule has 0 heterocycles. The van der Waals surface area contributed by atoms with Crippen LogP contribution >= 0.6 is 0 Å². The Morgan fingerprint density at radius 2 is 1.85 bits per heavy atom. The summed E-state index contributed by atoms with van der Waals surface area (Å²) >= 11 is 0. The lowest BCUT2D eigenvalue weighted by Gasteiger charge is -2.16. The molecule has 1 N–H and O–H groups in total. The van der Waals surface area contributed by atoms with E-state index in [4.69, 9.17) is 4.74 Å². The van der Waals surface area contributed by atoms with Crippen molar-refractivity contribution in [2.75, 3.05) is 12.4 Å². The van der Waals surface area contributed by atoms with Gasteiger partial charge in [-0.05, 0) is 36.6 Å². The van der Waals surface area contributed by atoms with E-state index in [1.54, 1.807) is 7.11 Å². The Balaban J connectivity index is 2.05. The van der Waals surface area contributed by atoms with Gasteiger partial charge in [0.2, 0.25) is 0 Å². The van der Waals surface area contributed by atoms with Gasteiger partial charge in [-0.3, -0.25) is 0 Å². The lowest BCUT2D eigenvalue weighted by molar-refractivity contribution is 0.415. The van der Waals surface area contributed by atoms with Crippen LogP contribution in [0.2, 0.25) is 0 Å². The molecule has 2 heteroatoms. The lowest BCUT2D eigenvalue weighted by atomic mass is 10.0. The number of hydrogen-bond donors (Lipinski definition) is 1. The third kappa shape index (κ3) is 3.77. The van der Waals surface area contributed by atoms with Crippen LogP contribution in [0, 0.1) is 0 Å². The molecule has 0 fully saturated rings. The van der Waals surface area contributed by atoms with Gasteiger partial charge in [0.1, 0.15) is 5.75 Å². The molecule has 0 aliphatic heterocycles. The normalized spacial score (nSPS) is 11.9. The van der Waals surface area contributed by atoms with Crippen LogP contribution in [0.25, 0.3) is 0 Å². The van der Waals surface area contributed by atoms with E-state index in [0.29, 0.717) is 0 Å². The van der Waals surface area contributed by atoms with Gasteiger partial charge < -0.3 is 10.1 Å². The van der Waals surface area contributed by atoms with Crippen molar-refractivity contribution in [3.63, 3.8) is 0 Å². The summed E-state index contributed by atoms with van der Waals surface area (Å²) in [5.74, 6) is 0.875. The van der Waals surface area contributed by atoms with E-state index in [2.05, 4.69) is 49.5 Å². The first-order valence-electron chi connectivity index (χ1n) is 7.22. The second-order valence-electron chi connectivity index (χ2n) is 5.09. The Kier molecular flexibility index (Phi) is 5.05. The number of rotatable bonds is 6. The Morgan fingerprint density at radius 1 is 1.10 bits per heavy atom. The van der Waals surface area contributed by atoms with Crippen LogP contribution < -0.4 is 10.1 Å². The van der Waals surface area contributed by atoms with Gasteiger partial charge >= 0.3 is 0 Å². The quantitative estimate of drug-likeness (QED) is 0.811. The molecule has 0 radical (unpaired) electrons. The van der Waals surface area contributed by atoms with Crippen molar-refractivity contribution in [2.45, 2.75) is 32.7 Å². The summed E-state index contributed by atoms with van der Waals surface area (Å²) in [7, 11) is 1.69. The summed E-state index contributed by atoms with van der Waals surface area (Å²) in [5.41, 5.74) is 3.78. The molecule has 2 aromatic rings. The van der Waals surface area contributed by atoms with Crippen LogP contribution in [0.4, 0.5) is 5.69 Å². The second-order valence-corrected chi connectivity index (χ2v) is 5.09. The molecule has 2 rings (SSSR count). The maximum atomic E-state index is 5.24. The van der Waals surface area contributed by atoms with Crippen LogP contribution in [0.5, 0.6) is 5.75 Å². The highest BCUT2D eigenvalue weighted by Gasteiger charge is 2.05. The van der Waals surface area contributed by atoms with Gasteiger partial charge in [-0.15, -0.1) is 0 Å². The monoisotopic (exact) mass is 269 g/mol. The first-order chi connectivity index (χ1) is 9.72. The zero-order valence-electron chi connectivity index (χ0n) is 12.5. The highest BCUT2D eigenvalue weighted by molar-refractivity contribution is 5.49. The van der Waals surface area contributed by atoms with Crippen LogP contribution in [0.1, 0.15) is 37.4 Å². The maximum absolute atomic E-state index is 5.24. The van der Waals surface area contributed by atoms with Gasteiger partial charge in [0, 0.05) is 17.8 Å². The van der Waals surface area contributed by atoms with Crippen LogP contribution in [0.3, 0.4) is 0 Å². The molecule has 0 saturated carbocycles. The van der Waals surface area contributed by atoms with Crippen molar-refractivity contribution in [2.24, 2.45) is 0 Å². The van der Waals surface area contributed by atoms with Crippen molar-refractivity contribution >= 4 is 5.69 Å². The van der Waals surface area contributed by atoms with Gasteiger partial charge in [0.15, 0.2) is 0 Å². The van der Waals surface area contributed by atoms with E-state index in [0.717, 1.165) is 17.9 Å². The molecule has 0 aliphatic carbocycles. The second kappa shape index (κ2) is 6.99. The first kappa shape index (κ1) is 14.4. The predicted octanol–water partition coefficient (Wildman–Crippen LogP) is 4.82. The molecule has 0 amide bonds. The third-order valence-electron chi connectivity index (χ3n) is 3.47. The largest absolute Gasteiger partial charge is 0.497 e. The minimum Gasteiger partial charge on any atom is -0.497 e. The summed E-state index contributed by atoms with van der Waals surface area (Å²) in [6.45, 7) is 4.38. The number of anilines is 1. The Bertz CT molecular complexity index is 533. The molecule has 0 spiro atoms. The average molecular weight is 269 g/mol. The van der Waals surface area contributed by atoms with E-state index >= 15 is 0 Å². The maximum Gasteiger partial charge on any atom is 0.120 e. The molecule has 0 aromatic heterocycles. The smallest absolute Gasteiger partial charge is 0.120 e. The van der Waals surface area contributed by atoms with E-state index in [9.17, 15) is 0 Å². The fraction of sp³-hybridized carbons (Fsp3) is 0.333. The van der Waals surface area contributed by atoms with Crippen LogP contribution in [-0.4, -0.2) is 7.11 Å². The van der Waals surface area contributed by atoms with Crippen molar-refractivity contribution in [3.8, 4) is 5.75 Å². The van der Waals surface area contributed by atoms with Crippen molar-refractivity contribution in [3.05, 3.63) is 59.7 Å². The number of ether oxygens (including phenoxy) is 1. The summed E-state index contributed by atoms with van der Waals surface area (Å²) in [6, 6.07) is 17.2. The molecule has 106 valence electrons. The van der Waals surface area contributed by atoms with E-state index in [1.165, 1.54) is 17.5 Å². The predicted molar refractivity (Wildman–Crippen MR) is 85.5 cm³/mol. The minimum absolute atomic E-state index is 0.276. The van der Waals surface area contributed by atoms with E-state index < -0.39 is 0 Å². The summed E-state index contributed by atoms with van der Waals surface area (Å²) in [6.07, 6.45) is 2.34. The van der Waals surface area contributed by atoms with Crippen molar-refractivity contribution in [1.29, 1.82) is 0 Å². The SMILES string of the molecule is CCCc1ccc(C(C)Nc2cccc(OC)c2)cc1. The fourth-order valence-corrected chi connectivity index (χ4v) is 2.31. The zero-order valence-corrected chi connectivity index (χ0v) is 12.5. The van der Waals surface area contributed by atoms with Crippen molar-refractivity contribution < 1.29 is 4.74 Å². The molecule has 2 nitrogen and oxygen atoms in total. The highest BCUT2D eigenvalue weighted by Crippen LogP contribution is 2.23. The standard InChI is InChI=1S/C18H23NO/c1-4-6-15-9-11-16(12-10-15)14(2)19-17-7-5-8-18(13-17)20-3/h5,7-14,19H,4,6H2,1-3H3. The number of aryl methyl sites for hydroxylation is 1. The summed E-state index contributed by atoms with van der Waals surface area (Å²) in [4.78, 5) is 0. The van der Waals surface area contributed by atoms with Crippen LogP contribution in [0.15, 0.2) is 48.5 Å². The molecule has 0 aliphatic rings. The summed E-state index contributed by atoms with van der Waals surface area (Å²) < 4.78 is 5.24. The molecular weight excluding hydrogens is 246 g/mol. The number of methoxy groups -OCH3 is 1. The Labute approximate surface area is 121 Å². The fourth-order valence-electron chi connectivity index (χ4n) is 2.31. The number of hydrogen-bond acceptors (Lipinski definition) is 2. The Morgan fingerprint density at radius 3 is 2.50 bits per heavy atom. The van der Waals surface area contributed by atoms with Gasteiger partial charge in [-0.2, -0.15) is 0 Å². The molecule has 2 aromatic carbocycles. The minimum atomic E-state index is 0.276. The first-order valence-corrected chi connectivity index (χ1v) is 7.22. The lowest BCUT2D eigenvalue weighted by Crippen LogP contribution is -2.06. The molecular formula is C18H23NO. The van der Waals surface area contributed by atoms with Gasteiger partial charge in [0.05, 0.1) is 7.11 Å². The average Bonchev–Trinajstić information content (AvgIpc) is 2.48. The number of benzene rings is 2. The van der Waals surface area contributed by atoms with Crippen LogP contribution in [-0.2, 0) is 6.42 Å². The third-order valence-corrected chi connectivity index (χ3v) is 3.47. The van der Waals surface area contributed by atoms with Gasteiger partial charge in [0.25, 0.3) is 0 Å². The number of nitrogens with one attached hydrogen (secondary N) is 1. The van der Waals surface area contributed by atoms with Gasteiger partial charge in [-0.1, -0.05) is 43.7 Å². The molecule has 1 unspecified atom stereocenters. The van der Waals surface area contributed by atoms with E-state index in [1.807, 2.05) is 18.2 Å². The Hall–Kier alpha value is -1.96. The molecule has 1 atom stereocenters. The van der Waals surface area contributed by atoms with Gasteiger partial charge in [-0.25, -0.2) is 0 Å².